The second-order valence-corrected chi connectivity index (χ2v) is 10.4. The van der Waals surface area contributed by atoms with E-state index < -0.39 is 10.0 Å². The molecule has 13 nitrogen and oxygen atoms in total. The van der Waals surface area contributed by atoms with Gasteiger partial charge in [0.15, 0.2) is 22.8 Å². The van der Waals surface area contributed by atoms with Gasteiger partial charge in [0.25, 0.3) is 6.01 Å². The minimum absolute atomic E-state index is 0.0175. The first-order valence-electron chi connectivity index (χ1n) is 11.7. The van der Waals surface area contributed by atoms with Crippen molar-refractivity contribution in [2.75, 3.05) is 62.5 Å². The molecule has 3 aromatic heterocycles. The molecule has 5 rings (SSSR count). The van der Waals surface area contributed by atoms with Crippen LogP contribution in [0.1, 0.15) is 12.8 Å². The molecule has 0 aromatic carbocycles. The Balaban J connectivity index is 1.61. The van der Waals surface area contributed by atoms with Crippen LogP contribution in [0.25, 0.3) is 22.6 Å². The summed E-state index contributed by atoms with van der Waals surface area (Å²) in [7, 11) is -0.284. The molecule has 1 N–H and O–H groups in total. The number of nitrogens with one attached hydrogen (secondary N) is 1. The average Bonchev–Trinajstić information content (AvgIpc) is 3.18. The molecule has 3 aromatic rings. The Morgan fingerprint density at radius 2 is 1.81 bits per heavy atom. The van der Waals surface area contributed by atoms with Crippen molar-refractivity contribution < 1.29 is 27.4 Å². The molecule has 194 valence electrons. The maximum absolute atomic E-state index is 11.9. The Kier molecular flexibility index (Phi) is 6.81. The summed E-state index contributed by atoms with van der Waals surface area (Å²) in [6, 6.07) is 2.07. The Hall–Kier alpha value is -3.23. The molecule has 0 atom stereocenters. The molecule has 0 saturated carbocycles. The first kappa shape index (κ1) is 24.5. The van der Waals surface area contributed by atoms with Crippen molar-refractivity contribution in [1.82, 2.24) is 24.5 Å². The molecular weight excluding hydrogens is 490 g/mol. The van der Waals surface area contributed by atoms with Crippen molar-refractivity contribution in [1.29, 1.82) is 0 Å². The number of sulfonamides is 1. The van der Waals surface area contributed by atoms with Gasteiger partial charge in [-0.1, -0.05) is 0 Å². The summed E-state index contributed by atoms with van der Waals surface area (Å²) < 4.78 is 50.4. The quantitative estimate of drug-likeness (QED) is 0.481. The van der Waals surface area contributed by atoms with Gasteiger partial charge >= 0.3 is 0 Å². The second-order valence-electron chi connectivity index (χ2n) is 8.68. The van der Waals surface area contributed by atoms with Crippen molar-refractivity contribution in [3.8, 4) is 23.3 Å². The van der Waals surface area contributed by atoms with Gasteiger partial charge in [-0.2, -0.15) is 4.98 Å². The van der Waals surface area contributed by atoms with Gasteiger partial charge in [-0.05, 0) is 6.07 Å². The zero-order valence-corrected chi connectivity index (χ0v) is 21.2. The molecule has 0 bridgehead atoms. The highest BCUT2D eigenvalue weighted by molar-refractivity contribution is 7.92. The average molecular weight is 520 g/mol. The number of imidazole rings is 1. The van der Waals surface area contributed by atoms with E-state index in [4.69, 9.17) is 33.9 Å². The number of nitrogens with zero attached hydrogens (tertiary/aromatic N) is 6. The second kappa shape index (κ2) is 10.0. The molecule has 0 unspecified atom stereocenters. The van der Waals surface area contributed by atoms with Crippen LogP contribution in [0.3, 0.4) is 0 Å². The highest BCUT2D eigenvalue weighted by Crippen LogP contribution is 2.33. The molecule has 2 aliphatic heterocycles. The van der Waals surface area contributed by atoms with Gasteiger partial charge in [-0.3, -0.25) is 9.29 Å². The summed E-state index contributed by atoms with van der Waals surface area (Å²) in [5, 5.41) is 0. The number of hydrogen-bond acceptors (Lipinski definition) is 11. The smallest absolute Gasteiger partial charge is 0.298 e. The zero-order valence-electron chi connectivity index (χ0n) is 20.4. The predicted molar refractivity (Wildman–Crippen MR) is 132 cm³/mol. The Labute approximate surface area is 208 Å². The lowest BCUT2D eigenvalue weighted by molar-refractivity contribution is 0.0207. The number of anilines is 2. The van der Waals surface area contributed by atoms with Crippen LogP contribution in [0.5, 0.6) is 11.9 Å². The van der Waals surface area contributed by atoms with E-state index in [0.717, 1.165) is 19.1 Å². The lowest BCUT2D eigenvalue weighted by atomic mass is 10.2. The van der Waals surface area contributed by atoms with E-state index in [1.807, 2.05) is 11.6 Å². The topological polar surface area (TPSA) is 143 Å². The monoisotopic (exact) mass is 519 g/mol. The van der Waals surface area contributed by atoms with Crippen LogP contribution in [0.2, 0.25) is 0 Å². The van der Waals surface area contributed by atoms with Gasteiger partial charge in [0.2, 0.25) is 15.9 Å². The van der Waals surface area contributed by atoms with Gasteiger partial charge in [-0.15, -0.1) is 0 Å². The molecule has 0 spiro atoms. The Bertz CT molecular complexity index is 1350. The SMILES string of the molecule is COc1ncc(-c2nc(N3CCOCC3)c3nc(OC4CCOCC4)n(C)c3n2)cc1NS(C)(=O)=O. The van der Waals surface area contributed by atoms with E-state index in [2.05, 4.69) is 14.6 Å². The van der Waals surface area contributed by atoms with Crippen LogP contribution in [-0.2, 0) is 26.5 Å². The van der Waals surface area contributed by atoms with E-state index >= 15 is 0 Å². The first-order chi connectivity index (χ1) is 17.3. The van der Waals surface area contributed by atoms with E-state index in [-0.39, 0.29) is 17.7 Å². The number of aromatic nitrogens is 5. The highest BCUT2D eigenvalue weighted by Gasteiger charge is 2.25. The van der Waals surface area contributed by atoms with E-state index in [1.165, 1.54) is 7.11 Å². The fourth-order valence-electron chi connectivity index (χ4n) is 4.21. The van der Waals surface area contributed by atoms with Gasteiger partial charge in [0.05, 0.1) is 39.8 Å². The number of fused-ring (bicyclic) bond motifs is 1. The largest absolute Gasteiger partial charge is 0.480 e. The van der Waals surface area contributed by atoms with Crippen molar-refractivity contribution in [2.24, 2.45) is 7.05 Å². The predicted octanol–water partition coefficient (Wildman–Crippen LogP) is 1.20. The number of rotatable bonds is 7. The molecule has 0 aliphatic carbocycles. The molecule has 2 fully saturated rings. The lowest BCUT2D eigenvalue weighted by Crippen LogP contribution is -2.37. The Morgan fingerprint density at radius 3 is 2.50 bits per heavy atom. The van der Waals surface area contributed by atoms with Gasteiger partial charge < -0.3 is 23.8 Å². The minimum Gasteiger partial charge on any atom is -0.480 e. The Morgan fingerprint density at radius 1 is 1.08 bits per heavy atom. The number of hydrogen-bond donors (Lipinski definition) is 1. The molecule has 0 radical (unpaired) electrons. The van der Waals surface area contributed by atoms with E-state index in [9.17, 15) is 8.42 Å². The van der Waals surface area contributed by atoms with Crippen molar-refractivity contribution in [3.05, 3.63) is 12.3 Å². The maximum Gasteiger partial charge on any atom is 0.298 e. The van der Waals surface area contributed by atoms with Crippen molar-refractivity contribution >= 4 is 32.7 Å². The van der Waals surface area contributed by atoms with Crippen LogP contribution >= 0.6 is 0 Å². The number of ether oxygens (including phenoxy) is 4. The fraction of sp³-hybridized carbons (Fsp3) is 0.545. The number of morpholine rings is 1. The summed E-state index contributed by atoms with van der Waals surface area (Å²) in [5.74, 6) is 1.17. The van der Waals surface area contributed by atoms with Crippen LogP contribution in [0, 0.1) is 0 Å². The standard InChI is InChI=1S/C22H29N7O6S/c1-28-19-17(24-22(28)35-15-4-8-33-9-5-15)20(29-6-10-34-11-7-29)26-18(25-19)14-12-16(27-36(3,30)31)21(32-2)23-13-14/h12-13,15,27H,4-11H2,1-3H3. The summed E-state index contributed by atoms with van der Waals surface area (Å²) in [6.45, 7) is 3.77. The molecule has 0 amide bonds. The summed E-state index contributed by atoms with van der Waals surface area (Å²) >= 11 is 0. The van der Waals surface area contributed by atoms with E-state index in [0.29, 0.717) is 73.9 Å². The van der Waals surface area contributed by atoms with E-state index in [1.54, 1.807) is 12.3 Å². The summed E-state index contributed by atoms with van der Waals surface area (Å²) in [6.07, 6.45) is 4.22. The molecule has 14 heteroatoms. The third kappa shape index (κ3) is 5.15. The van der Waals surface area contributed by atoms with Gasteiger partial charge in [0, 0.05) is 44.7 Å². The van der Waals surface area contributed by atoms with Crippen LogP contribution in [0.4, 0.5) is 11.5 Å². The van der Waals surface area contributed by atoms with Crippen LogP contribution in [0.15, 0.2) is 12.3 Å². The minimum atomic E-state index is -3.56. The van der Waals surface area contributed by atoms with Gasteiger partial charge in [-0.25, -0.2) is 23.4 Å². The number of aryl methyl sites for hydroxylation is 1. The van der Waals surface area contributed by atoms with Crippen molar-refractivity contribution in [3.63, 3.8) is 0 Å². The molecule has 36 heavy (non-hydrogen) atoms. The molecule has 2 aliphatic rings. The summed E-state index contributed by atoms with van der Waals surface area (Å²) in [4.78, 5) is 20.8. The number of methoxy groups -OCH3 is 1. The summed E-state index contributed by atoms with van der Waals surface area (Å²) in [5.41, 5.74) is 1.94. The van der Waals surface area contributed by atoms with Crippen molar-refractivity contribution in [2.45, 2.75) is 18.9 Å². The lowest BCUT2D eigenvalue weighted by Gasteiger charge is -2.28. The van der Waals surface area contributed by atoms with Crippen LogP contribution < -0.4 is 19.1 Å². The number of pyridine rings is 1. The highest BCUT2D eigenvalue weighted by atomic mass is 32.2. The first-order valence-corrected chi connectivity index (χ1v) is 13.6. The third-order valence-corrected chi connectivity index (χ3v) is 6.60. The maximum atomic E-state index is 11.9. The molecular formula is C22H29N7O6S. The van der Waals surface area contributed by atoms with Gasteiger partial charge in [0.1, 0.15) is 11.8 Å². The normalized spacial score (nSPS) is 17.4. The zero-order chi connectivity index (χ0) is 25.3. The van der Waals surface area contributed by atoms with Crippen LogP contribution in [-0.4, -0.2) is 91.9 Å². The third-order valence-electron chi connectivity index (χ3n) is 6.01. The molecule has 5 heterocycles. The fourth-order valence-corrected chi connectivity index (χ4v) is 4.76. The molecule has 2 saturated heterocycles.